The van der Waals surface area contributed by atoms with E-state index in [0.29, 0.717) is 11.0 Å². The van der Waals surface area contributed by atoms with Gasteiger partial charge in [-0.05, 0) is 37.3 Å². The molecule has 1 aliphatic rings. The maximum atomic E-state index is 11.4. The monoisotopic (exact) mass is 424 g/mol. The second-order valence-corrected chi connectivity index (χ2v) is 8.08. The minimum Gasteiger partial charge on any atom is -0.478 e. The molecule has 3 aromatic carbocycles. The Balaban J connectivity index is 1.51. The molecule has 0 spiro atoms. The lowest BCUT2D eigenvalue weighted by atomic mass is 10.1. The highest BCUT2D eigenvalue weighted by Crippen LogP contribution is 2.31. The Labute approximate surface area is 186 Å². The Bertz CT molecular complexity index is 1260. The summed E-state index contributed by atoms with van der Waals surface area (Å²) in [6.45, 7) is 5.48. The summed E-state index contributed by atoms with van der Waals surface area (Å²) in [5, 5.41) is 9.39. The Morgan fingerprint density at radius 1 is 0.812 bits per heavy atom. The fourth-order valence-electron chi connectivity index (χ4n) is 4.12. The molecular formula is C26H24N4O2. The molecular weight excluding hydrogens is 400 g/mol. The van der Waals surface area contributed by atoms with Crippen LogP contribution in [0.5, 0.6) is 0 Å². The van der Waals surface area contributed by atoms with Gasteiger partial charge in [0.1, 0.15) is 5.69 Å². The predicted octanol–water partition coefficient (Wildman–Crippen LogP) is 4.63. The summed E-state index contributed by atoms with van der Waals surface area (Å²) in [6, 6.07) is 23.6. The van der Waals surface area contributed by atoms with E-state index in [-0.39, 0.29) is 5.56 Å². The summed E-state index contributed by atoms with van der Waals surface area (Å²) in [5.41, 5.74) is 5.82. The van der Waals surface area contributed by atoms with Gasteiger partial charge < -0.3 is 14.9 Å². The molecule has 0 atom stereocenters. The Hall–Kier alpha value is -3.93. The van der Waals surface area contributed by atoms with Gasteiger partial charge in [0.25, 0.3) is 0 Å². The van der Waals surface area contributed by atoms with Gasteiger partial charge in [-0.15, -0.1) is 0 Å². The van der Waals surface area contributed by atoms with Crippen molar-refractivity contribution in [3.05, 3.63) is 83.9 Å². The number of hydrogen-bond acceptors (Lipinski definition) is 5. The molecule has 2 heterocycles. The smallest absolute Gasteiger partial charge is 0.335 e. The molecule has 160 valence electrons. The molecule has 4 aromatic rings. The normalized spacial score (nSPS) is 14.0. The van der Waals surface area contributed by atoms with Crippen LogP contribution in [0, 0.1) is 6.92 Å². The van der Waals surface area contributed by atoms with Crippen molar-refractivity contribution in [3.63, 3.8) is 0 Å². The van der Waals surface area contributed by atoms with Gasteiger partial charge in [0, 0.05) is 37.4 Å². The Morgan fingerprint density at radius 2 is 1.50 bits per heavy atom. The van der Waals surface area contributed by atoms with Gasteiger partial charge in [-0.3, -0.25) is 0 Å². The van der Waals surface area contributed by atoms with Crippen LogP contribution in [0.25, 0.3) is 22.3 Å². The van der Waals surface area contributed by atoms with Crippen molar-refractivity contribution >= 4 is 28.5 Å². The largest absolute Gasteiger partial charge is 0.478 e. The second-order valence-electron chi connectivity index (χ2n) is 8.08. The SMILES string of the molecule is Cc1ccc(N2CCN(c3nc4cc(C(=O)O)ccc4nc3-c3ccccc3)CC2)cc1. The number of aromatic carboxylic acids is 1. The standard InChI is InChI=1S/C26H24N4O2/c1-18-7-10-21(11-8-18)29-13-15-30(16-14-29)25-24(19-5-3-2-4-6-19)27-22-12-9-20(26(31)32)17-23(22)28-25/h2-12,17H,13-16H2,1H3,(H,31,32). The van der Waals surface area contributed by atoms with E-state index in [9.17, 15) is 9.90 Å². The molecule has 1 aromatic heterocycles. The molecule has 0 bridgehead atoms. The van der Waals surface area contributed by atoms with Gasteiger partial charge in [0.15, 0.2) is 5.82 Å². The van der Waals surface area contributed by atoms with Gasteiger partial charge in [-0.1, -0.05) is 48.0 Å². The van der Waals surface area contributed by atoms with E-state index in [2.05, 4.69) is 41.0 Å². The van der Waals surface area contributed by atoms with Crippen molar-refractivity contribution < 1.29 is 9.90 Å². The molecule has 1 N–H and O–H groups in total. The lowest BCUT2D eigenvalue weighted by molar-refractivity contribution is 0.0697. The molecule has 0 amide bonds. The third-order valence-corrected chi connectivity index (χ3v) is 5.92. The highest BCUT2D eigenvalue weighted by atomic mass is 16.4. The van der Waals surface area contributed by atoms with E-state index in [0.717, 1.165) is 43.3 Å². The highest BCUT2D eigenvalue weighted by molar-refractivity contribution is 5.93. The lowest BCUT2D eigenvalue weighted by Gasteiger charge is -2.37. The van der Waals surface area contributed by atoms with Crippen LogP contribution in [0.4, 0.5) is 11.5 Å². The number of carboxylic acids is 1. The van der Waals surface area contributed by atoms with E-state index in [4.69, 9.17) is 9.97 Å². The van der Waals surface area contributed by atoms with E-state index >= 15 is 0 Å². The van der Waals surface area contributed by atoms with E-state index in [1.807, 2.05) is 30.3 Å². The number of nitrogens with zero attached hydrogens (tertiary/aromatic N) is 4. The van der Waals surface area contributed by atoms with Crippen LogP contribution in [-0.4, -0.2) is 47.2 Å². The van der Waals surface area contributed by atoms with Crippen LogP contribution in [0.2, 0.25) is 0 Å². The van der Waals surface area contributed by atoms with Crippen LogP contribution in [0.1, 0.15) is 15.9 Å². The molecule has 5 rings (SSSR count). The topological polar surface area (TPSA) is 69.6 Å². The van der Waals surface area contributed by atoms with Gasteiger partial charge in [0.2, 0.25) is 0 Å². The number of anilines is 2. The number of carbonyl (C=O) groups is 1. The van der Waals surface area contributed by atoms with Crippen molar-refractivity contribution in [2.75, 3.05) is 36.0 Å². The van der Waals surface area contributed by atoms with E-state index in [1.165, 1.54) is 11.3 Å². The van der Waals surface area contributed by atoms with E-state index < -0.39 is 5.97 Å². The minimum atomic E-state index is -0.964. The minimum absolute atomic E-state index is 0.217. The van der Waals surface area contributed by atoms with Crippen LogP contribution < -0.4 is 9.80 Å². The van der Waals surface area contributed by atoms with Gasteiger partial charge in [0.05, 0.1) is 16.6 Å². The molecule has 0 unspecified atom stereocenters. The maximum absolute atomic E-state index is 11.4. The van der Waals surface area contributed by atoms with Crippen LogP contribution >= 0.6 is 0 Å². The lowest BCUT2D eigenvalue weighted by Crippen LogP contribution is -2.47. The summed E-state index contributed by atoms with van der Waals surface area (Å²) < 4.78 is 0. The molecule has 32 heavy (non-hydrogen) atoms. The van der Waals surface area contributed by atoms with Crippen molar-refractivity contribution in [1.82, 2.24) is 9.97 Å². The van der Waals surface area contributed by atoms with Gasteiger partial charge >= 0.3 is 5.97 Å². The number of hydrogen-bond donors (Lipinski definition) is 1. The molecule has 6 heteroatoms. The first-order chi connectivity index (χ1) is 15.6. The fourth-order valence-corrected chi connectivity index (χ4v) is 4.12. The third kappa shape index (κ3) is 3.87. The third-order valence-electron chi connectivity index (χ3n) is 5.92. The Kier molecular flexibility index (Phi) is 5.19. The maximum Gasteiger partial charge on any atom is 0.335 e. The number of piperazine rings is 1. The zero-order valence-electron chi connectivity index (χ0n) is 17.9. The molecule has 1 aliphatic heterocycles. The van der Waals surface area contributed by atoms with Crippen molar-refractivity contribution in [3.8, 4) is 11.3 Å². The number of benzene rings is 3. The summed E-state index contributed by atoms with van der Waals surface area (Å²) >= 11 is 0. The molecule has 0 radical (unpaired) electrons. The van der Waals surface area contributed by atoms with E-state index in [1.54, 1.807) is 18.2 Å². The van der Waals surface area contributed by atoms with Crippen LogP contribution in [-0.2, 0) is 0 Å². The Morgan fingerprint density at radius 3 is 2.19 bits per heavy atom. The summed E-state index contributed by atoms with van der Waals surface area (Å²) in [7, 11) is 0. The average Bonchev–Trinajstić information content (AvgIpc) is 2.84. The zero-order valence-corrected chi connectivity index (χ0v) is 17.9. The molecule has 1 saturated heterocycles. The zero-order chi connectivity index (χ0) is 22.1. The van der Waals surface area contributed by atoms with Crippen LogP contribution in [0.3, 0.4) is 0 Å². The highest BCUT2D eigenvalue weighted by Gasteiger charge is 2.23. The fraction of sp³-hybridized carbons (Fsp3) is 0.192. The number of fused-ring (bicyclic) bond motifs is 1. The summed E-state index contributed by atoms with van der Waals surface area (Å²) in [4.78, 5) is 25.9. The van der Waals surface area contributed by atoms with Crippen molar-refractivity contribution in [2.24, 2.45) is 0 Å². The molecule has 0 aliphatic carbocycles. The first-order valence-corrected chi connectivity index (χ1v) is 10.8. The predicted molar refractivity (Wildman–Crippen MR) is 128 cm³/mol. The number of rotatable bonds is 4. The first-order valence-electron chi connectivity index (χ1n) is 10.8. The first kappa shape index (κ1) is 20.0. The second kappa shape index (κ2) is 8.30. The van der Waals surface area contributed by atoms with Gasteiger partial charge in [-0.2, -0.15) is 0 Å². The van der Waals surface area contributed by atoms with Gasteiger partial charge in [-0.25, -0.2) is 14.8 Å². The quantitative estimate of drug-likeness (QED) is 0.515. The number of carboxylic acid groups (broad SMARTS) is 1. The van der Waals surface area contributed by atoms with Crippen LogP contribution in [0.15, 0.2) is 72.8 Å². The summed E-state index contributed by atoms with van der Waals surface area (Å²) in [6.07, 6.45) is 0. The number of aryl methyl sites for hydroxylation is 1. The molecule has 6 nitrogen and oxygen atoms in total. The van der Waals surface area contributed by atoms with Crippen molar-refractivity contribution in [1.29, 1.82) is 0 Å². The van der Waals surface area contributed by atoms with Crippen molar-refractivity contribution in [2.45, 2.75) is 6.92 Å². The molecule has 0 saturated carbocycles. The number of aromatic nitrogens is 2. The summed E-state index contributed by atoms with van der Waals surface area (Å²) in [5.74, 6) is -0.163. The average molecular weight is 425 g/mol. The molecule has 1 fully saturated rings.